The third-order valence-corrected chi connectivity index (χ3v) is 4.39. The highest BCUT2D eigenvalue weighted by Gasteiger charge is 2.15. The van der Waals surface area contributed by atoms with E-state index >= 15 is 0 Å². The van der Waals surface area contributed by atoms with E-state index in [0.717, 1.165) is 24.2 Å². The Morgan fingerprint density at radius 1 is 1.11 bits per heavy atom. The van der Waals surface area contributed by atoms with E-state index < -0.39 is 0 Å². The predicted octanol–water partition coefficient (Wildman–Crippen LogP) is 2.98. The molecule has 0 aromatic heterocycles. The lowest BCUT2D eigenvalue weighted by molar-refractivity contribution is -0.121. The molecule has 1 aliphatic carbocycles. The number of ether oxygens (including phenoxy) is 1. The fraction of sp³-hybridized carbons (Fsp3) is 0.619. The van der Waals surface area contributed by atoms with E-state index in [-0.39, 0.29) is 18.0 Å². The fourth-order valence-electron chi connectivity index (χ4n) is 3.09. The maximum absolute atomic E-state index is 11.9. The summed E-state index contributed by atoms with van der Waals surface area (Å²) in [6.45, 7) is 6.69. The van der Waals surface area contributed by atoms with Gasteiger partial charge in [0.2, 0.25) is 5.91 Å². The van der Waals surface area contributed by atoms with Crippen molar-refractivity contribution in [3.05, 3.63) is 29.8 Å². The van der Waals surface area contributed by atoms with Crippen LogP contribution in [0.25, 0.3) is 0 Å². The van der Waals surface area contributed by atoms with E-state index in [4.69, 9.17) is 4.74 Å². The molecule has 1 aromatic rings. The van der Waals surface area contributed by atoms with Gasteiger partial charge >= 0.3 is 0 Å². The number of carbonyl (C=O) groups excluding carboxylic acids is 1. The second kappa shape index (κ2) is 10.2. The van der Waals surface area contributed by atoms with E-state index in [0.29, 0.717) is 18.6 Å². The highest BCUT2D eigenvalue weighted by atomic mass is 16.5. The standard InChI is InChI=1S/C21H34N4O2/c1-21(2,3)25-19(26)15-24-20(22-4)23-14-16-10-12-18(13-11-16)27-17-8-6-5-7-9-17/h10-13,17H,5-9,14-15H2,1-4H3,(H,25,26)(H2,22,23,24). The number of aliphatic imine (C=N–C) groups is 1. The molecule has 2 rings (SSSR count). The summed E-state index contributed by atoms with van der Waals surface area (Å²) in [6, 6.07) is 8.17. The lowest BCUT2D eigenvalue weighted by Crippen LogP contribution is -2.48. The summed E-state index contributed by atoms with van der Waals surface area (Å²) in [5, 5.41) is 9.17. The second-order valence-electron chi connectivity index (χ2n) is 8.10. The van der Waals surface area contributed by atoms with Gasteiger partial charge in [-0.2, -0.15) is 0 Å². The Hall–Kier alpha value is -2.24. The minimum atomic E-state index is -0.239. The summed E-state index contributed by atoms with van der Waals surface area (Å²) in [5.41, 5.74) is 0.894. The van der Waals surface area contributed by atoms with Crippen LogP contribution in [0.1, 0.15) is 58.4 Å². The third kappa shape index (κ3) is 8.33. The molecule has 0 unspecified atom stereocenters. The highest BCUT2D eigenvalue weighted by molar-refractivity contribution is 5.86. The van der Waals surface area contributed by atoms with Crippen LogP contribution >= 0.6 is 0 Å². The number of carbonyl (C=O) groups is 1. The van der Waals surface area contributed by atoms with Crippen LogP contribution in [0.3, 0.4) is 0 Å². The van der Waals surface area contributed by atoms with Gasteiger partial charge in [0.25, 0.3) is 0 Å². The Morgan fingerprint density at radius 3 is 2.37 bits per heavy atom. The largest absolute Gasteiger partial charge is 0.490 e. The lowest BCUT2D eigenvalue weighted by atomic mass is 9.98. The zero-order valence-corrected chi connectivity index (χ0v) is 17.1. The first-order valence-corrected chi connectivity index (χ1v) is 9.87. The molecular weight excluding hydrogens is 340 g/mol. The maximum atomic E-state index is 11.9. The van der Waals surface area contributed by atoms with Crippen LogP contribution < -0.4 is 20.7 Å². The van der Waals surface area contributed by atoms with Crippen LogP contribution in [0, 0.1) is 0 Å². The van der Waals surface area contributed by atoms with E-state index in [1.54, 1.807) is 7.05 Å². The van der Waals surface area contributed by atoms with Crippen molar-refractivity contribution in [1.82, 2.24) is 16.0 Å². The molecule has 0 saturated heterocycles. The van der Waals surface area contributed by atoms with Crippen molar-refractivity contribution in [1.29, 1.82) is 0 Å². The highest BCUT2D eigenvalue weighted by Crippen LogP contribution is 2.23. The number of guanidine groups is 1. The molecule has 27 heavy (non-hydrogen) atoms. The average molecular weight is 375 g/mol. The molecular formula is C21H34N4O2. The molecule has 3 N–H and O–H groups in total. The molecule has 1 saturated carbocycles. The minimum absolute atomic E-state index is 0.0605. The summed E-state index contributed by atoms with van der Waals surface area (Å²) < 4.78 is 6.06. The van der Waals surface area contributed by atoms with Crippen molar-refractivity contribution >= 4 is 11.9 Å². The van der Waals surface area contributed by atoms with Gasteiger partial charge in [-0.25, -0.2) is 0 Å². The molecule has 0 atom stereocenters. The van der Waals surface area contributed by atoms with E-state index in [9.17, 15) is 4.79 Å². The van der Waals surface area contributed by atoms with E-state index in [2.05, 4.69) is 33.1 Å². The molecule has 1 aromatic carbocycles. The Balaban J connectivity index is 1.74. The quantitative estimate of drug-likeness (QED) is 0.529. The second-order valence-corrected chi connectivity index (χ2v) is 8.10. The zero-order chi connectivity index (χ0) is 19.7. The van der Waals surface area contributed by atoms with Gasteiger partial charge in [0.15, 0.2) is 5.96 Å². The number of benzene rings is 1. The maximum Gasteiger partial charge on any atom is 0.239 e. The van der Waals surface area contributed by atoms with Crippen molar-refractivity contribution in [3.8, 4) is 5.75 Å². The number of nitrogens with one attached hydrogen (secondary N) is 3. The number of amides is 1. The van der Waals surface area contributed by atoms with Crippen LogP contribution in [0.5, 0.6) is 5.75 Å². The van der Waals surface area contributed by atoms with Gasteiger partial charge in [0.1, 0.15) is 5.75 Å². The van der Waals surface area contributed by atoms with Crippen LogP contribution in [0.2, 0.25) is 0 Å². The monoisotopic (exact) mass is 374 g/mol. The molecule has 0 radical (unpaired) electrons. The smallest absolute Gasteiger partial charge is 0.239 e. The van der Waals surface area contributed by atoms with Crippen molar-refractivity contribution in [2.75, 3.05) is 13.6 Å². The number of hydrogen-bond donors (Lipinski definition) is 3. The van der Waals surface area contributed by atoms with Gasteiger partial charge in [-0.1, -0.05) is 18.6 Å². The Morgan fingerprint density at radius 2 is 1.78 bits per heavy atom. The SMILES string of the molecule is CN=C(NCC(=O)NC(C)(C)C)NCc1ccc(OC2CCCCC2)cc1. The summed E-state index contributed by atoms with van der Waals surface area (Å²) in [7, 11) is 1.69. The summed E-state index contributed by atoms with van der Waals surface area (Å²) in [5.74, 6) is 1.48. The molecule has 1 aliphatic rings. The van der Waals surface area contributed by atoms with Crippen molar-refractivity contribution < 1.29 is 9.53 Å². The third-order valence-electron chi connectivity index (χ3n) is 4.39. The normalized spacial score (nSPS) is 15.9. The van der Waals surface area contributed by atoms with Crippen LogP contribution in [0.4, 0.5) is 0 Å². The Labute approximate surface area is 163 Å². The molecule has 150 valence electrons. The molecule has 0 spiro atoms. The predicted molar refractivity (Wildman–Crippen MR) is 110 cm³/mol. The van der Waals surface area contributed by atoms with Crippen LogP contribution in [-0.4, -0.2) is 37.1 Å². The molecule has 1 fully saturated rings. The van der Waals surface area contributed by atoms with Gasteiger partial charge in [-0.3, -0.25) is 9.79 Å². The topological polar surface area (TPSA) is 74.8 Å². The number of nitrogens with zero attached hydrogens (tertiary/aromatic N) is 1. The fourth-order valence-corrected chi connectivity index (χ4v) is 3.09. The summed E-state index contributed by atoms with van der Waals surface area (Å²) in [4.78, 5) is 16.0. The first kappa shape index (κ1) is 21.1. The number of hydrogen-bond acceptors (Lipinski definition) is 3. The van der Waals surface area contributed by atoms with Gasteiger partial charge in [-0.15, -0.1) is 0 Å². The Bertz CT molecular complexity index is 614. The van der Waals surface area contributed by atoms with Crippen molar-refractivity contribution in [2.24, 2.45) is 4.99 Å². The molecule has 0 heterocycles. The summed E-state index contributed by atoms with van der Waals surface area (Å²) >= 11 is 0. The van der Waals surface area contributed by atoms with Crippen LogP contribution in [0.15, 0.2) is 29.3 Å². The first-order chi connectivity index (χ1) is 12.9. The van der Waals surface area contributed by atoms with E-state index in [1.165, 1.54) is 19.3 Å². The van der Waals surface area contributed by atoms with Gasteiger partial charge in [0.05, 0.1) is 12.6 Å². The van der Waals surface area contributed by atoms with Crippen molar-refractivity contribution in [3.63, 3.8) is 0 Å². The zero-order valence-electron chi connectivity index (χ0n) is 17.1. The molecule has 0 aliphatic heterocycles. The molecule has 0 bridgehead atoms. The van der Waals surface area contributed by atoms with Gasteiger partial charge < -0.3 is 20.7 Å². The van der Waals surface area contributed by atoms with Crippen LogP contribution in [-0.2, 0) is 11.3 Å². The molecule has 1 amide bonds. The Kier molecular flexibility index (Phi) is 7.95. The van der Waals surface area contributed by atoms with E-state index in [1.807, 2.05) is 32.9 Å². The molecule has 6 heteroatoms. The molecule has 6 nitrogen and oxygen atoms in total. The minimum Gasteiger partial charge on any atom is -0.490 e. The number of rotatable bonds is 6. The van der Waals surface area contributed by atoms with Crippen molar-refractivity contribution in [2.45, 2.75) is 71.1 Å². The lowest BCUT2D eigenvalue weighted by Gasteiger charge is -2.23. The van der Waals surface area contributed by atoms with Gasteiger partial charge in [0, 0.05) is 19.1 Å². The summed E-state index contributed by atoms with van der Waals surface area (Å²) in [6.07, 6.45) is 6.56. The average Bonchev–Trinajstić information content (AvgIpc) is 2.62. The van der Waals surface area contributed by atoms with Gasteiger partial charge in [-0.05, 0) is 64.2 Å². The first-order valence-electron chi connectivity index (χ1n) is 9.87.